The van der Waals surface area contributed by atoms with E-state index >= 15 is 0 Å². The molecule has 0 heterocycles. The second-order valence-electron chi connectivity index (χ2n) is 2.55. The van der Waals surface area contributed by atoms with Gasteiger partial charge in [0.1, 0.15) is 6.04 Å². The van der Waals surface area contributed by atoms with Crippen molar-refractivity contribution in [3.05, 3.63) is 12.7 Å². The fraction of sp³-hybridized carbons (Fsp3) is 0.571. The summed E-state index contributed by atoms with van der Waals surface area (Å²) in [4.78, 5) is 20.0. The van der Waals surface area contributed by atoms with Crippen LogP contribution in [0.15, 0.2) is 12.7 Å². The molecule has 2 N–H and O–H groups in total. The first-order valence-corrected chi connectivity index (χ1v) is 5.55. The van der Waals surface area contributed by atoms with Gasteiger partial charge in [0.2, 0.25) is 0 Å². The molecule has 0 spiro atoms. The number of carbonyl (C=O) groups excluding carboxylic acids is 1. The molecular weight excluding hydrogens is 193 g/mol. The van der Waals surface area contributed by atoms with Crippen molar-refractivity contribution in [3.8, 4) is 0 Å². The lowest BCUT2D eigenvalue weighted by atomic mass is 10.4. The van der Waals surface area contributed by atoms with E-state index in [4.69, 9.17) is 0 Å². The van der Waals surface area contributed by atoms with Gasteiger partial charge in [0, 0.05) is 1.43 Å². The SMILES string of the molecule is C=CCP(=O)(O)N[C@@H](C)C(=O)OC.[HH]. The van der Waals surface area contributed by atoms with Gasteiger partial charge in [0.25, 0.3) is 7.52 Å². The van der Waals surface area contributed by atoms with E-state index in [1.807, 2.05) is 0 Å². The lowest BCUT2D eigenvalue weighted by Gasteiger charge is -2.15. The molecule has 1 unspecified atom stereocenters. The Balaban J connectivity index is 0. The van der Waals surface area contributed by atoms with Crippen LogP contribution >= 0.6 is 7.52 Å². The smallest absolute Gasteiger partial charge is 0.323 e. The van der Waals surface area contributed by atoms with E-state index in [1.165, 1.54) is 20.1 Å². The van der Waals surface area contributed by atoms with Crippen LogP contribution in [0.1, 0.15) is 8.35 Å². The maximum absolute atomic E-state index is 11.2. The lowest BCUT2D eigenvalue weighted by molar-refractivity contribution is -0.142. The number of carbonyl (C=O) groups is 1. The Kier molecular flexibility index (Phi) is 4.91. The van der Waals surface area contributed by atoms with E-state index in [0.717, 1.165) is 0 Å². The molecule has 0 aromatic heterocycles. The van der Waals surface area contributed by atoms with Gasteiger partial charge in [-0.3, -0.25) is 9.36 Å². The molecule has 0 aromatic rings. The summed E-state index contributed by atoms with van der Waals surface area (Å²) in [5.41, 5.74) is 0. The van der Waals surface area contributed by atoms with Crippen LogP contribution < -0.4 is 5.09 Å². The third-order valence-corrected chi connectivity index (χ3v) is 2.87. The molecule has 0 aliphatic carbocycles. The molecule has 0 bridgehead atoms. The third kappa shape index (κ3) is 4.83. The van der Waals surface area contributed by atoms with Gasteiger partial charge in [-0.2, -0.15) is 0 Å². The predicted molar refractivity (Wildman–Crippen MR) is 51.6 cm³/mol. The molecule has 0 aliphatic rings. The second-order valence-corrected chi connectivity index (χ2v) is 4.57. The molecule has 5 nitrogen and oxygen atoms in total. The highest BCUT2D eigenvalue weighted by Gasteiger charge is 2.23. The van der Waals surface area contributed by atoms with E-state index in [1.54, 1.807) is 0 Å². The first kappa shape index (κ1) is 12.4. The Bertz CT molecular complexity index is 246. The molecule has 0 saturated carbocycles. The maximum Gasteiger partial charge on any atom is 0.323 e. The number of esters is 1. The second kappa shape index (κ2) is 5.17. The molecule has 0 amide bonds. The number of methoxy groups -OCH3 is 1. The van der Waals surface area contributed by atoms with Crippen molar-refractivity contribution in [2.75, 3.05) is 13.3 Å². The molecule has 0 aliphatic heterocycles. The summed E-state index contributed by atoms with van der Waals surface area (Å²) < 4.78 is 15.6. The molecule has 78 valence electrons. The largest absolute Gasteiger partial charge is 0.468 e. The molecule has 6 heteroatoms. The van der Waals surface area contributed by atoms with Crippen molar-refractivity contribution in [2.24, 2.45) is 0 Å². The quantitative estimate of drug-likeness (QED) is 0.397. The van der Waals surface area contributed by atoms with E-state index in [2.05, 4.69) is 16.4 Å². The number of hydrogen-bond acceptors (Lipinski definition) is 3. The Morgan fingerprint density at radius 1 is 1.92 bits per heavy atom. The third-order valence-electron chi connectivity index (χ3n) is 1.33. The van der Waals surface area contributed by atoms with Crippen molar-refractivity contribution in [2.45, 2.75) is 13.0 Å². The minimum atomic E-state index is -3.48. The normalized spacial score (nSPS) is 17.2. The van der Waals surface area contributed by atoms with Gasteiger partial charge in [-0.05, 0) is 6.92 Å². The van der Waals surface area contributed by atoms with Crippen LogP contribution in [0.2, 0.25) is 0 Å². The molecule has 13 heavy (non-hydrogen) atoms. The fourth-order valence-electron chi connectivity index (χ4n) is 0.760. The number of hydrogen-bond donors (Lipinski definition) is 2. The minimum Gasteiger partial charge on any atom is -0.468 e. The van der Waals surface area contributed by atoms with Crippen molar-refractivity contribution >= 4 is 13.5 Å². The highest BCUT2D eigenvalue weighted by molar-refractivity contribution is 7.56. The zero-order valence-corrected chi connectivity index (χ0v) is 8.58. The zero-order chi connectivity index (χ0) is 10.5. The molecule has 0 radical (unpaired) electrons. The fourth-order valence-corrected chi connectivity index (χ4v) is 1.93. The molecule has 0 aromatic carbocycles. The van der Waals surface area contributed by atoms with Crippen molar-refractivity contribution in [1.29, 1.82) is 0 Å². The van der Waals surface area contributed by atoms with Gasteiger partial charge in [-0.1, -0.05) is 6.08 Å². The molecule has 0 fully saturated rings. The first-order valence-electron chi connectivity index (χ1n) is 3.71. The highest BCUT2D eigenvalue weighted by atomic mass is 31.2. The van der Waals surface area contributed by atoms with Crippen LogP contribution in [0.5, 0.6) is 0 Å². The van der Waals surface area contributed by atoms with E-state index < -0.39 is 19.5 Å². The van der Waals surface area contributed by atoms with E-state index in [-0.39, 0.29) is 7.59 Å². The average Bonchev–Trinajstić information content (AvgIpc) is 2.01. The minimum absolute atomic E-state index is 0. The number of ether oxygens (including phenoxy) is 1. The zero-order valence-electron chi connectivity index (χ0n) is 7.69. The van der Waals surface area contributed by atoms with Crippen LogP contribution in [-0.4, -0.2) is 30.2 Å². The van der Waals surface area contributed by atoms with Gasteiger partial charge in [0.05, 0.1) is 13.3 Å². The van der Waals surface area contributed by atoms with Crippen LogP contribution in [-0.2, 0) is 14.1 Å². The number of rotatable bonds is 5. The summed E-state index contributed by atoms with van der Waals surface area (Å²) in [6.45, 7) is 4.79. The van der Waals surface area contributed by atoms with Gasteiger partial charge >= 0.3 is 5.97 Å². The maximum atomic E-state index is 11.2. The van der Waals surface area contributed by atoms with Crippen molar-refractivity contribution < 1.29 is 20.4 Å². The lowest BCUT2D eigenvalue weighted by Crippen LogP contribution is -2.33. The summed E-state index contributed by atoms with van der Waals surface area (Å²) in [6, 6.07) is -0.791. The first-order chi connectivity index (χ1) is 5.93. The Morgan fingerprint density at radius 3 is 2.85 bits per heavy atom. The van der Waals surface area contributed by atoms with Crippen LogP contribution in [0.3, 0.4) is 0 Å². The highest BCUT2D eigenvalue weighted by Crippen LogP contribution is 2.35. The van der Waals surface area contributed by atoms with Crippen molar-refractivity contribution in [1.82, 2.24) is 5.09 Å². The standard InChI is InChI=1S/C7H14NO4P.H2/c1-4-5-13(10,11)8-6(2)7(9)12-3;/h4,6H,1,5H2,2-3H3,(H2,8,10,11);1H/t6-;/m0./s1. The van der Waals surface area contributed by atoms with Crippen LogP contribution in [0.25, 0.3) is 0 Å². The molecular formula is C7H16NO4P. The number of nitrogens with one attached hydrogen (secondary N) is 1. The van der Waals surface area contributed by atoms with Gasteiger partial charge in [-0.25, -0.2) is 5.09 Å². The number of allylic oxidation sites excluding steroid dienone is 1. The Hall–Kier alpha value is -0.640. The van der Waals surface area contributed by atoms with E-state index in [9.17, 15) is 14.3 Å². The van der Waals surface area contributed by atoms with Crippen LogP contribution in [0.4, 0.5) is 0 Å². The summed E-state index contributed by atoms with van der Waals surface area (Å²) in [5, 5.41) is 2.27. The van der Waals surface area contributed by atoms with Gasteiger partial charge in [-0.15, -0.1) is 6.58 Å². The Morgan fingerprint density at radius 2 is 2.46 bits per heavy atom. The predicted octanol–water partition coefficient (Wildman–Crippen LogP) is 0.755. The van der Waals surface area contributed by atoms with Crippen LogP contribution in [0, 0.1) is 0 Å². The van der Waals surface area contributed by atoms with Crippen molar-refractivity contribution in [3.63, 3.8) is 0 Å². The molecule has 0 rings (SSSR count). The van der Waals surface area contributed by atoms with Gasteiger partial charge in [0.15, 0.2) is 0 Å². The Labute approximate surface area is 78.8 Å². The van der Waals surface area contributed by atoms with E-state index in [0.29, 0.717) is 0 Å². The monoisotopic (exact) mass is 209 g/mol. The topological polar surface area (TPSA) is 75.6 Å². The summed E-state index contributed by atoms with van der Waals surface area (Å²) >= 11 is 0. The summed E-state index contributed by atoms with van der Waals surface area (Å²) in [7, 11) is -2.27. The average molecular weight is 209 g/mol. The summed E-state index contributed by atoms with van der Waals surface area (Å²) in [5.74, 6) is -0.571. The molecule has 2 atom stereocenters. The summed E-state index contributed by atoms with van der Waals surface area (Å²) in [6.07, 6.45) is 1.24. The van der Waals surface area contributed by atoms with Gasteiger partial charge < -0.3 is 9.63 Å². The molecule has 0 saturated heterocycles.